The maximum atomic E-state index is 9.79. The SMILES string of the molecule is CN(CCO)C[C@@H](O)c1ccccc1. The molecule has 0 aliphatic heterocycles. The third-order valence-corrected chi connectivity index (χ3v) is 2.15. The van der Waals surface area contributed by atoms with E-state index in [1.807, 2.05) is 42.3 Å². The lowest BCUT2D eigenvalue weighted by Crippen LogP contribution is -2.27. The van der Waals surface area contributed by atoms with Crippen molar-refractivity contribution in [2.75, 3.05) is 26.7 Å². The molecule has 0 unspecified atom stereocenters. The van der Waals surface area contributed by atoms with E-state index in [9.17, 15) is 5.11 Å². The van der Waals surface area contributed by atoms with Crippen molar-refractivity contribution in [3.05, 3.63) is 35.9 Å². The predicted molar refractivity (Wildman–Crippen MR) is 56.0 cm³/mol. The first-order valence-corrected chi connectivity index (χ1v) is 4.76. The van der Waals surface area contributed by atoms with Gasteiger partial charge in [-0.2, -0.15) is 0 Å². The second-order valence-electron chi connectivity index (χ2n) is 3.41. The fourth-order valence-electron chi connectivity index (χ4n) is 1.34. The lowest BCUT2D eigenvalue weighted by molar-refractivity contribution is 0.115. The summed E-state index contributed by atoms with van der Waals surface area (Å²) in [6, 6.07) is 9.54. The van der Waals surface area contributed by atoms with E-state index in [2.05, 4.69) is 0 Å². The van der Waals surface area contributed by atoms with E-state index in [4.69, 9.17) is 5.11 Å². The molecular formula is C11H17NO2. The monoisotopic (exact) mass is 195 g/mol. The highest BCUT2D eigenvalue weighted by atomic mass is 16.3. The number of aliphatic hydroxyl groups excluding tert-OH is 2. The van der Waals surface area contributed by atoms with Crippen LogP contribution in [-0.2, 0) is 0 Å². The summed E-state index contributed by atoms with van der Waals surface area (Å²) >= 11 is 0. The minimum absolute atomic E-state index is 0.123. The molecule has 1 rings (SSSR count). The van der Waals surface area contributed by atoms with Crippen LogP contribution >= 0.6 is 0 Å². The van der Waals surface area contributed by atoms with Gasteiger partial charge in [-0.15, -0.1) is 0 Å². The summed E-state index contributed by atoms with van der Waals surface area (Å²) in [5, 5.41) is 18.5. The van der Waals surface area contributed by atoms with Gasteiger partial charge in [0.1, 0.15) is 0 Å². The molecule has 1 aromatic carbocycles. The second-order valence-corrected chi connectivity index (χ2v) is 3.41. The fraction of sp³-hybridized carbons (Fsp3) is 0.455. The van der Waals surface area contributed by atoms with Crippen LogP contribution in [-0.4, -0.2) is 41.9 Å². The van der Waals surface area contributed by atoms with E-state index >= 15 is 0 Å². The largest absolute Gasteiger partial charge is 0.395 e. The zero-order chi connectivity index (χ0) is 10.4. The lowest BCUT2D eigenvalue weighted by Gasteiger charge is -2.19. The summed E-state index contributed by atoms with van der Waals surface area (Å²) in [4.78, 5) is 1.90. The molecule has 0 amide bonds. The van der Waals surface area contributed by atoms with E-state index in [-0.39, 0.29) is 6.61 Å². The van der Waals surface area contributed by atoms with Crippen LogP contribution in [0.5, 0.6) is 0 Å². The van der Waals surface area contributed by atoms with Crippen molar-refractivity contribution >= 4 is 0 Å². The Balaban J connectivity index is 2.46. The molecule has 0 fully saturated rings. The van der Waals surface area contributed by atoms with Gasteiger partial charge in [-0.05, 0) is 12.6 Å². The van der Waals surface area contributed by atoms with E-state index in [1.54, 1.807) is 0 Å². The van der Waals surface area contributed by atoms with Crippen LogP contribution in [0.2, 0.25) is 0 Å². The van der Waals surface area contributed by atoms with Crippen LogP contribution in [0.1, 0.15) is 11.7 Å². The minimum Gasteiger partial charge on any atom is -0.395 e. The van der Waals surface area contributed by atoms with Crippen LogP contribution in [0.4, 0.5) is 0 Å². The average molecular weight is 195 g/mol. The van der Waals surface area contributed by atoms with Gasteiger partial charge in [0.2, 0.25) is 0 Å². The Labute approximate surface area is 84.6 Å². The Hall–Kier alpha value is -0.900. The molecule has 1 aromatic rings. The quantitative estimate of drug-likeness (QED) is 0.725. The third kappa shape index (κ3) is 3.46. The van der Waals surface area contributed by atoms with E-state index in [0.717, 1.165) is 5.56 Å². The van der Waals surface area contributed by atoms with Crippen LogP contribution in [0.3, 0.4) is 0 Å². The molecule has 0 heterocycles. The maximum Gasteiger partial charge on any atom is 0.0916 e. The van der Waals surface area contributed by atoms with Gasteiger partial charge in [0, 0.05) is 13.1 Å². The van der Waals surface area contributed by atoms with Gasteiger partial charge < -0.3 is 15.1 Å². The Morgan fingerprint density at radius 2 is 1.93 bits per heavy atom. The summed E-state index contributed by atoms with van der Waals surface area (Å²) in [6.07, 6.45) is -0.479. The molecule has 0 bridgehead atoms. The predicted octanol–water partition coefficient (Wildman–Crippen LogP) is 0.644. The van der Waals surface area contributed by atoms with Crippen molar-refractivity contribution in [3.63, 3.8) is 0 Å². The normalized spacial score (nSPS) is 13.1. The van der Waals surface area contributed by atoms with Crippen LogP contribution in [0, 0.1) is 0 Å². The molecule has 2 N–H and O–H groups in total. The Kier molecular flexibility index (Phi) is 4.59. The number of rotatable bonds is 5. The van der Waals surface area contributed by atoms with Crippen molar-refractivity contribution in [1.29, 1.82) is 0 Å². The first-order valence-electron chi connectivity index (χ1n) is 4.76. The third-order valence-electron chi connectivity index (χ3n) is 2.15. The van der Waals surface area contributed by atoms with Crippen molar-refractivity contribution in [3.8, 4) is 0 Å². The van der Waals surface area contributed by atoms with E-state index in [0.29, 0.717) is 13.1 Å². The molecule has 0 aromatic heterocycles. The molecule has 0 spiro atoms. The van der Waals surface area contributed by atoms with Crippen molar-refractivity contribution < 1.29 is 10.2 Å². The number of hydrogen-bond donors (Lipinski definition) is 2. The number of aliphatic hydroxyl groups is 2. The minimum atomic E-state index is -0.479. The molecule has 14 heavy (non-hydrogen) atoms. The Bertz CT molecular complexity index is 251. The van der Waals surface area contributed by atoms with Gasteiger partial charge in [0.05, 0.1) is 12.7 Å². The standard InChI is InChI=1S/C11H17NO2/c1-12(7-8-13)9-11(14)10-5-3-2-4-6-10/h2-6,11,13-14H,7-9H2,1H3/t11-/m1/s1. The number of benzene rings is 1. The van der Waals surface area contributed by atoms with E-state index < -0.39 is 6.10 Å². The Morgan fingerprint density at radius 1 is 1.29 bits per heavy atom. The lowest BCUT2D eigenvalue weighted by atomic mass is 10.1. The van der Waals surface area contributed by atoms with Gasteiger partial charge in [-0.3, -0.25) is 0 Å². The first kappa shape index (κ1) is 11.2. The first-order chi connectivity index (χ1) is 6.74. The molecule has 0 saturated carbocycles. The van der Waals surface area contributed by atoms with Crippen molar-refractivity contribution in [2.24, 2.45) is 0 Å². The summed E-state index contributed by atoms with van der Waals surface area (Å²) in [6.45, 7) is 1.26. The molecular weight excluding hydrogens is 178 g/mol. The highest BCUT2D eigenvalue weighted by Crippen LogP contribution is 2.12. The second kappa shape index (κ2) is 5.75. The van der Waals surface area contributed by atoms with Gasteiger partial charge in [0.25, 0.3) is 0 Å². The molecule has 3 heteroatoms. The molecule has 0 saturated heterocycles. The zero-order valence-corrected chi connectivity index (χ0v) is 8.43. The number of nitrogens with zero attached hydrogens (tertiary/aromatic N) is 1. The maximum absolute atomic E-state index is 9.79. The molecule has 1 atom stereocenters. The van der Waals surface area contributed by atoms with Crippen LogP contribution in [0.15, 0.2) is 30.3 Å². The molecule has 0 radical (unpaired) electrons. The molecule has 78 valence electrons. The topological polar surface area (TPSA) is 43.7 Å². The fourth-order valence-corrected chi connectivity index (χ4v) is 1.34. The van der Waals surface area contributed by atoms with E-state index in [1.165, 1.54) is 0 Å². The highest BCUT2D eigenvalue weighted by molar-refractivity contribution is 5.17. The van der Waals surface area contributed by atoms with Gasteiger partial charge in [-0.25, -0.2) is 0 Å². The summed E-state index contributed by atoms with van der Waals surface area (Å²) in [7, 11) is 1.88. The smallest absolute Gasteiger partial charge is 0.0916 e. The number of likely N-dealkylation sites (N-methyl/N-ethyl adjacent to an activating group) is 1. The summed E-state index contributed by atoms with van der Waals surface area (Å²) in [5.41, 5.74) is 0.914. The Morgan fingerprint density at radius 3 is 2.50 bits per heavy atom. The number of hydrogen-bond acceptors (Lipinski definition) is 3. The summed E-state index contributed by atoms with van der Waals surface area (Å²) < 4.78 is 0. The molecule has 3 nitrogen and oxygen atoms in total. The summed E-state index contributed by atoms with van der Waals surface area (Å²) in [5.74, 6) is 0. The van der Waals surface area contributed by atoms with Gasteiger partial charge in [0.15, 0.2) is 0 Å². The van der Waals surface area contributed by atoms with Crippen molar-refractivity contribution in [1.82, 2.24) is 4.90 Å². The van der Waals surface area contributed by atoms with Crippen molar-refractivity contribution in [2.45, 2.75) is 6.10 Å². The highest BCUT2D eigenvalue weighted by Gasteiger charge is 2.09. The zero-order valence-electron chi connectivity index (χ0n) is 8.43. The van der Waals surface area contributed by atoms with Crippen LogP contribution < -0.4 is 0 Å². The molecule has 0 aliphatic carbocycles. The average Bonchev–Trinajstić information content (AvgIpc) is 2.19. The van der Waals surface area contributed by atoms with Gasteiger partial charge >= 0.3 is 0 Å². The molecule has 0 aliphatic rings. The van der Waals surface area contributed by atoms with Gasteiger partial charge in [-0.1, -0.05) is 30.3 Å². The van der Waals surface area contributed by atoms with Crippen LogP contribution in [0.25, 0.3) is 0 Å².